The number of rotatable bonds is 4. The minimum absolute atomic E-state index is 0.0837. The van der Waals surface area contributed by atoms with Gasteiger partial charge in [0.2, 0.25) is 0 Å². The first-order valence-corrected chi connectivity index (χ1v) is 5.52. The molecule has 0 atom stereocenters. The first-order valence-electron chi connectivity index (χ1n) is 5.52. The maximum atomic E-state index is 10.6. The molecule has 0 saturated heterocycles. The summed E-state index contributed by atoms with van der Waals surface area (Å²) in [6.07, 6.45) is 5.42. The van der Waals surface area contributed by atoms with Gasteiger partial charge in [-0.2, -0.15) is 0 Å². The van der Waals surface area contributed by atoms with Crippen LogP contribution < -0.4 is 5.32 Å². The third-order valence-corrected chi connectivity index (χ3v) is 3.26. The number of nitrogens with zero attached hydrogens (tertiary/aromatic N) is 1. The predicted octanol–water partition coefficient (Wildman–Crippen LogP) is 2.38. The lowest BCUT2D eigenvalue weighted by Crippen LogP contribution is -2.33. The Kier molecular flexibility index (Phi) is 2.81. The minimum Gasteiger partial charge on any atom is -0.477 e. The Bertz CT molecular complexity index is 383. The van der Waals surface area contributed by atoms with Gasteiger partial charge in [0.15, 0.2) is 0 Å². The standard InChI is InChI=1S/C12H16N2O2/c1-12(5-2-6-12)8-14-9-3-4-10(11(15)16)13-7-9/h3-4,7,14H,2,5-6,8H2,1H3,(H,15,16). The highest BCUT2D eigenvalue weighted by molar-refractivity contribution is 5.85. The summed E-state index contributed by atoms with van der Waals surface area (Å²) in [7, 11) is 0. The molecule has 0 aromatic carbocycles. The van der Waals surface area contributed by atoms with Crippen LogP contribution in [0.3, 0.4) is 0 Å². The van der Waals surface area contributed by atoms with Crippen molar-refractivity contribution in [3.05, 3.63) is 24.0 Å². The van der Waals surface area contributed by atoms with E-state index in [0.717, 1.165) is 12.2 Å². The Morgan fingerprint density at radius 3 is 2.75 bits per heavy atom. The van der Waals surface area contributed by atoms with Crippen LogP contribution in [0.15, 0.2) is 18.3 Å². The van der Waals surface area contributed by atoms with E-state index >= 15 is 0 Å². The van der Waals surface area contributed by atoms with Crippen LogP contribution in [0, 0.1) is 5.41 Å². The zero-order chi connectivity index (χ0) is 11.6. The first kappa shape index (κ1) is 10.9. The Hall–Kier alpha value is -1.58. The van der Waals surface area contributed by atoms with Crippen molar-refractivity contribution in [1.29, 1.82) is 0 Å². The van der Waals surface area contributed by atoms with Crippen molar-refractivity contribution < 1.29 is 9.90 Å². The van der Waals surface area contributed by atoms with E-state index < -0.39 is 5.97 Å². The van der Waals surface area contributed by atoms with Crippen molar-refractivity contribution in [2.75, 3.05) is 11.9 Å². The molecule has 0 bridgehead atoms. The summed E-state index contributed by atoms with van der Waals surface area (Å²) in [6.45, 7) is 3.20. The second-order valence-electron chi connectivity index (χ2n) is 4.76. The number of anilines is 1. The van der Waals surface area contributed by atoms with Crippen LogP contribution in [0.5, 0.6) is 0 Å². The number of aromatic carboxylic acids is 1. The van der Waals surface area contributed by atoms with Gasteiger partial charge in [0, 0.05) is 6.54 Å². The van der Waals surface area contributed by atoms with Gasteiger partial charge in [0.25, 0.3) is 0 Å². The summed E-state index contributed by atoms with van der Waals surface area (Å²) in [5.74, 6) is -0.988. The van der Waals surface area contributed by atoms with E-state index in [-0.39, 0.29) is 5.69 Å². The molecule has 1 heterocycles. The average molecular weight is 220 g/mol. The number of carboxylic acid groups (broad SMARTS) is 1. The summed E-state index contributed by atoms with van der Waals surface area (Å²) >= 11 is 0. The van der Waals surface area contributed by atoms with Crippen LogP contribution in [0.25, 0.3) is 0 Å². The predicted molar refractivity (Wildman–Crippen MR) is 61.6 cm³/mol. The second kappa shape index (κ2) is 4.12. The molecule has 1 aromatic rings. The van der Waals surface area contributed by atoms with Crippen molar-refractivity contribution in [3.8, 4) is 0 Å². The van der Waals surface area contributed by atoms with Gasteiger partial charge in [0.1, 0.15) is 5.69 Å². The molecule has 0 amide bonds. The Labute approximate surface area is 94.7 Å². The highest BCUT2D eigenvalue weighted by Crippen LogP contribution is 2.40. The number of pyridine rings is 1. The molecule has 1 aliphatic carbocycles. The zero-order valence-electron chi connectivity index (χ0n) is 9.36. The summed E-state index contributed by atoms with van der Waals surface area (Å²) < 4.78 is 0. The Morgan fingerprint density at radius 2 is 2.31 bits per heavy atom. The quantitative estimate of drug-likeness (QED) is 0.817. The fourth-order valence-corrected chi connectivity index (χ4v) is 1.90. The Balaban J connectivity index is 1.92. The van der Waals surface area contributed by atoms with Gasteiger partial charge in [-0.15, -0.1) is 0 Å². The van der Waals surface area contributed by atoms with E-state index in [1.54, 1.807) is 12.3 Å². The largest absolute Gasteiger partial charge is 0.477 e. The number of carboxylic acids is 1. The molecular formula is C12H16N2O2. The maximum absolute atomic E-state index is 10.6. The van der Waals surface area contributed by atoms with E-state index in [1.165, 1.54) is 25.3 Å². The molecule has 1 aromatic heterocycles. The van der Waals surface area contributed by atoms with Crippen LogP contribution >= 0.6 is 0 Å². The van der Waals surface area contributed by atoms with Crippen molar-refractivity contribution in [2.45, 2.75) is 26.2 Å². The van der Waals surface area contributed by atoms with Crippen molar-refractivity contribution in [2.24, 2.45) is 5.41 Å². The summed E-state index contributed by atoms with van der Waals surface area (Å²) in [6, 6.07) is 3.28. The molecule has 0 unspecified atom stereocenters. The van der Waals surface area contributed by atoms with Crippen LogP contribution in [0.2, 0.25) is 0 Å². The van der Waals surface area contributed by atoms with Crippen molar-refractivity contribution in [1.82, 2.24) is 4.98 Å². The Morgan fingerprint density at radius 1 is 1.56 bits per heavy atom. The molecule has 1 aliphatic rings. The number of hydrogen-bond donors (Lipinski definition) is 2. The third kappa shape index (κ3) is 2.32. The van der Waals surface area contributed by atoms with Gasteiger partial charge in [0.05, 0.1) is 11.9 Å². The highest BCUT2D eigenvalue weighted by Gasteiger charge is 2.31. The lowest BCUT2D eigenvalue weighted by Gasteiger charge is -2.38. The molecule has 4 nitrogen and oxygen atoms in total. The first-order chi connectivity index (χ1) is 7.59. The fourth-order valence-electron chi connectivity index (χ4n) is 1.90. The smallest absolute Gasteiger partial charge is 0.354 e. The molecule has 16 heavy (non-hydrogen) atoms. The van der Waals surface area contributed by atoms with Gasteiger partial charge >= 0.3 is 5.97 Å². The van der Waals surface area contributed by atoms with Gasteiger partial charge < -0.3 is 10.4 Å². The number of carbonyl (C=O) groups is 1. The lowest BCUT2D eigenvalue weighted by molar-refractivity contribution is 0.0690. The number of nitrogens with one attached hydrogen (secondary N) is 1. The molecular weight excluding hydrogens is 204 g/mol. The minimum atomic E-state index is -0.988. The van der Waals surface area contributed by atoms with Crippen molar-refractivity contribution in [3.63, 3.8) is 0 Å². The van der Waals surface area contributed by atoms with Crippen LogP contribution in [-0.2, 0) is 0 Å². The van der Waals surface area contributed by atoms with Crippen LogP contribution in [0.1, 0.15) is 36.7 Å². The van der Waals surface area contributed by atoms with Gasteiger partial charge in [-0.05, 0) is 30.4 Å². The third-order valence-electron chi connectivity index (χ3n) is 3.26. The molecule has 4 heteroatoms. The summed E-state index contributed by atoms with van der Waals surface area (Å²) in [5, 5.41) is 12.0. The van der Waals surface area contributed by atoms with Crippen molar-refractivity contribution >= 4 is 11.7 Å². The summed E-state index contributed by atoms with van der Waals surface area (Å²) in [5.41, 5.74) is 1.38. The van der Waals surface area contributed by atoms with E-state index in [2.05, 4.69) is 17.2 Å². The van der Waals surface area contributed by atoms with E-state index in [0.29, 0.717) is 5.41 Å². The molecule has 2 rings (SSSR count). The topological polar surface area (TPSA) is 62.2 Å². The molecule has 1 saturated carbocycles. The average Bonchev–Trinajstić information content (AvgIpc) is 2.24. The fraction of sp³-hybridized carbons (Fsp3) is 0.500. The van der Waals surface area contributed by atoms with Gasteiger partial charge in [-0.25, -0.2) is 9.78 Å². The number of aromatic nitrogens is 1. The van der Waals surface area contributed by atoms with Gasteiger partial charge in [-0.1, -0.05) is 13.3 Å². The van der Waals surface area contributed by atoms with E-state index in [1.807, 2.05) is 0 Å². The SMILES string of the molecule is CC1(CNc2ccc(C(=O)O)nc2)CCC1. The summed E-state index contributed by atoms with van der Waals surface area (Å²) in [4.78, 5) is 14.5. The maximum Gasteiger partial charge on any atom is 0.354 e. The van der Waals surface area contributed by atoms with E-state index in [9.17, 15) is 4.79 Å². The molecule has 0 spiro atoms. The highest BCUT2D eigenvalue weighted by atomic mass is 16.4. The normalized spacial score (nSPS) is 17.6. The molecule has 1 fully saturated rings. The van der Waals surface area contributed by atoms with Crippen LogP contribution in [-0.4, -0.2) is 22.6 Å². The monoisotopic (exact) mass is 220 g/mol. The van der Waals surface area contributed by atoms with Crippen LogP contribution in [0.4, 0.5) is 5.69 Å². The lowest BCUT2D eigenvalue weighted by atomic mass is 9.70. The molecule has 0 aliphatic heterocycles. The van der Waals surface area contributed by atoms with E-state index in [4.69, 9.17) is 5.11 Å². The number of hydrogen-bond acceptors (Lipinski definition) is 3. The molecule has 2 N–H and O–H groups in total. The van der Waals surface area contributed by atoms with Gasteiger partial charge in [-0.3, -0.25) is 0 Å². The zero-order valence-corrected chi connectivity index (χ0v) is 9.36. The molecule has 86 valence electrons. The second-order valence-corrected chi connectivity index (χ2v) is 4.76. The molecule has 0 radical (unpaired) electrons.